The number of aliphatic hydroxyl groups excluding tert-OH is 1. The van der Waals surface area contributed by atoms with E-state index in [0.717, 1.165) is 13.1 Å². The van der Waals surface area contributed by atoms with Crippen molar-refractivity contribution in [1.82, 2.24) is 10.2 Å². The maximum atomic E-state index is 12.1. The molecule has 92 valence electrons. The Kier molecular flexibility index (Phi) is 3.19. The van der Waals surface area contributed by atoms with E-state index in [0.29, 0.717) is 13.1 Å². The fourth-order valence-electron chi connectivity index (χ4n) is 2.28. The second-order valence-corrected chi connectivity index (χ2v) is 5.26. The van der Waals surface area contributed by atoms with Crippen molar-refractivity contribution in [2.75, 3.05) is 32.8 Å². The highest BCUT2D eigenvalue weighted by Gasteiger charge is 2.38. The van der Waals surface area contributed by atoms with Gasteiger partial charge in [0.25, 0.3) is 0 Å². The van der Waals surface area contributed by atoms with Crippen molar-refractivity contribution in [3.63, 3.8) is 0 Å². The largest absolute Gasteiger partial charge is 0.394 e. The van der Waals surface area contributed by atoms with Gasteiger partial charge in [-0.1, -0.05) is 0 Å². The Labute approximate surface area is 95.8 Å². The molecule has 0 aromatic rings. The van der Waals surface area contributed by atoms with Crippen LogP contribution in [0.25, 0.3) is 0 Å². The molecule has 2 aliphatic heterocycles. The van der Waals surface area contributed by atoms with Crippen molar-refractivity contribution in [2.45, 2.75) is 25.6 Å². The first-order valence-corrected chi connectivity index (χ1v) is 5.80. The fraction of sp³-hybridized carbons (Fsp3) is 0.909. The molecule has 2 heterocycles. The van der Waals surface area contributed by atoms with Gasteiger partial charge in [0.2, 0.25) is 5.91 Å². The summed E-state index contributed by atoms with van der Waals surface area (Å²) in [6.45, 7) is 6.55. The van der Waals surface area contributed by atoms with Gasteiger partial charge in [0.05, 0.1) is 24.2 Å². The van der Waals surface area contributed by atoms with Gasteiger partial charge < -0.3 is 20.1 Å². The number of nitrogens with one attached hydrogen (secondary N) is 1. The number of ether oxygens (including phenoxy) is 1. The molecular weight excluding hydrogens is 208 g/mol. The van der Waals surface area contributed by atoms with Crippen LogP contribution in [-0.2, 0) is 9.53 Å². The number of amides is 1. The van der Waals surface area contributed by atoms with Crippen LogP contribution >= 0.6 is 0 Å². The highest BCUT2D eigenvalue weighted by atomic mass is 16.5. The van der Waals surface area contributed by atoms with Crippen LogP contribution in [0.1, 0.15) is 13.8 Å². The molecule has 1 atom stereocenters. The Balaban J connectivity index is 2.00. The van der Waals surface area contributed by atoms with Crippen molar-refractivity contribution in [3.8, 4) is 0 Å². The Morgan fingerprint density at radius 2 is 2.25 bits per heavy atom. The third kappa shape index (κ3) is 2.36. The fourth-order valence-corrected chi connectivity index (χ4v) is 2.28. The minimum Gasteiger partial charge on any atom is -0.394 e. The van der Waals surface area contributed by atoms with Crippen molar-refractivity contribution in [3.05, 3.63) is 0 Å². The lowest BCUT2D eigenvalue weighted by Gasteiger charge is -2.44. The zero-order valence-corrected chi connectivity index (χ0v) is 9.90. The van der Waals surface area contributed by atoms with E-state index >= 15 is 0 Å². The number of hydrogen-bond acceptors (Lipinski definition) is 4. The summed E-state index contributed by atoms with van der Waals surface area (Å²) in [6, 6.07) is 0. The minimum absolute atomic E-state index is 0.0316. The topological polar surface area (TPSA) is 61.8 Å². The summed E-state index contributed by atoms with van der Waals surface area (Å²) in [6.07, 6.45) is -0.249. The standard InChI is InChI=1S/C11H20N2O3/c1-11(2)7-13(5-9(6-14)16-11)10(15)8-3-12-4-8/h8-9,12,14H,3-7H2,1-2H3. The molecule has 0 aliphatic carbocycles. The van der Waals surface area contributed by atoms with Gasteiger partial charge in [0.15, 0.2) is 0 Å². The molecule has 2 aliphatic rings. The molecule has 0 saturated carbocycles. The zero-order chi connectivity index (χ0) is 11.8. The Morgan fingerprint density at radius 3 is 2.75 bits per heavy atom. The van der Waals surface area contributed by atoms with Gasteiger partial charge in [-0.3, -0.25) is 4.79 Å². The van der Waals surface area contributed by atoms with Gasteiger partial charge in [0.1, 0.15) is 0 Å². The van der Waals surface area contributed by atoms with E-state index in [4.69, 9.17) is 9.84 Å². The van der Waals surface area contributed by atoms with Crippen LogP contribution in [0.15, 0.2) is 0 Å². The van der Waals surface area contributed by atoms with Crippen LogP contribution in [0.3, 0.4) is 0 Å². The number of rotatable bonds is 2. The summed E-state index contributed by atoms with van der Waals surface area (Å²) >= 11 is 0. The zero-order valence-electron chi connectivity index (χ0n) is 9.90. The average molecular weight is 228 g/mol. The van der Waals surface area contributed by atoms with E-state index in [1.54, 1.807) is 0 Å². The monoisotopic (exact) mass is 228 g/mol. The molecule has 5 heteroatoms. The summed E-state index contributed by atoms with van der Waals surface area (Å²) in [7, 11) is 0. The number of aliphatic hydroxyl groups is 1. The van der Waals surface area contributed by atoms with Gasteiger partial charge in [-0.2, -0.15) is 0 Å². The molecule has 0 bridgehead atoms. The highest BCUT2D eigenvalue weighted by Crippen LogP contribution is 2.22. The molecule has 2 fully saturated rings. The van der Waals surface area contributed by atoms with Gasteiger partial charge in [-0.05, 0) is 13.8 Å². The predicted octanol–water partition coefficient (Wildman–Crippen LogP) is -0.796. The maximum absolute atomic E-state index is 12.1. The Morgan fingerprint density at radius 1 is 1.56 bits per heavy atom. The number of carbonyl (C=O) groups excluding carboxylic acids is 1. The number of nitrogens with zero attached hydrogens (tertiary/aromatic N) is 1. The molecule has 2 saturated heterocycles. The van der Waals surface area contributed by atoms with Crippen LogP contribution < -0.4 is 5.32 Å². The number of hydrogen-bond donors (Lipinski definition) is 2. The molecule has 2 N–H and O–H groups in total. The summed E-state index contributed by atoms with van der Waals surface area (Å²) in [5.74, 6) is 0.307. The third-order valence-electron chi connectivity index (χ3n) is 3.13. The highest BCUT2D eigenvalue weighted by molar-refractivity contribution is 5.80. The van der Waals surface area contributed by atoms with E-state index < -0.39 is 0 Å². The molecule has 1 amide bonds. The second kappa shape index (κ2) is 4.31. The van der Waals surface area contributed by atoms with Crippen molar-refractivity contribution >= 4 is 5.91 Å². The minimum atomic E-state index is -0.363. The quantitative estimate of drug-likeness (QED) is 0.650. The van der Waals surface area contributed by atoms with Gasteiger partial charge >= 0.3 is 0 Å². The lowest BCUT2D eigenvalue weighted by Crippen LogP contribution is -2.60. The predicted molar refractivity (Wildman–Crippen MR) is 59.0 cm³/mol. The third-order valence-corrected chi connectivity index (χ3v) is 3.13. The molecule has 0 spiro atoms. The van der Waals surface area contributed by atoms with Gasteiger partial charge in [0, 0.05) is 26.2 Å². The van der Waals surface area contributed by atoms with E-state index in [9.17, 15) is 4.79 Å². The first-order valence-electron chi connectivity index (χ1n) is 5.80. The van der Waals surface area contributed by atoms with Crippen molar-refractivity contribution < 1.29 is 14.6 Å². The van der Waals surface area contributed by atoms with E-state index in [1.807, 2.05) is 18.7 Å². The second-order valence-electron chi connectivity index (χ2n) is 5.26. The lowest BCUT2D eigenvalue weighted by atomic mass is 9.98. The van der Waals surface area contributed by atoms with Crippen LogP contribution in [0.5, 0.6) is 0 Å². The molecule has 0 radical (unpaired) electrons. The summed E-state index contributed by atoms with van der Waals surface area (Å²) in [4.78, 5) is 13.9. The Hall–Kier alpha value is -0.650. The SMILES string of the molecule is CC1(C)CN(C(=O)C2CNC2)CC(CO)O1. The van der Waals surface area contributed by atoms with E-state index in [1.165, 1.54) is 0 Å². The molecular formula is C11H20N2O3. The molecule has 0 aromatic carbocycles. The maximum Gasteiger partial charge on any atom is 0.228 e. The normalized spacial score (nSPS) is 29.9. The number of carbonyl (C=O) groups is 1. The van der Waals surface area contributed by atoms with Crippen molar-refractivity contribution in [2.24, 2.45) is 5.92 Å². The molecule has 1 unspecified atom stereocenters. The van der Waals surface area contributed by atoms with Crippen LogP contribution in [0.4, 0.5) is 0 Å². The average Bonchev–Trinajstić information content (AvgIpc) is 2.12. The first kappa shape index (κ1) is 11.8. The summed E-state index contributed by atoms with van der Waals surface area (Å²) in [5, 5.41) is 12.3. The van der Waals surface area contributed by atoms with E-state index in [-0.39, 0.29) is 30.1 Å². The smallest absolute Gasteiger partial charge is 0.228 e. The summed E-state index contributed by atoms with van der Waals surface area (Å²) < 4.78 is 5.68. The van der Waals surface area contributed by atoms with Gasteiger partial charge in [-0.25, -0.2) is 0 Å². The number of morpholine rings is 1. The van der Waals surface area contributed by atoms with Gasteiger partial charge in [-0.15, -0.1) is 0 Å². The molecule has 16 heavy (non-hydrogen) atoms. The molecule has 5 nitrogen and oxygen atoms in total. The van der Waals surface area contributed by atoms with Crippen LogP contribution in [0.2, 0.25) is 0 Å². The lowest BCUT2D eigenvalue weighted by molar-refractivity contribution is -0.170. The first-order chi connectivity index (χ1) is 7.52. The molecule has 0 aromatic heterocycles. The van der Waals surface area contributed by atoms with Crippen molar-refractivity contribution in [1.29, 1.82) is 0 Å². The molecule has 2 rings (SSSR count). The van der Waals surface area contributed by atoms with E-state index in [2.05, 4.69) is 5.32 Å². The summed E-state index contributed by atoms with van der Waals surface area (Å²) in [5.41, 5.74) is -0.363. The van der Waals surface area contributed by atoms with Crippen LogP contribution in [-0.4, -0.2) is 60.4 Å². The van der Waals surface area contributed by atoms with Crippen LogP contribution in [0, 0.1) is 5.92 Å². The Bertz CT molecular complexity index is 276.